The van der Waals surface area contributed by atoms with E-state index >= 15 is 0 Å². The highest BCUT2D eigenvalue weighted by Crippen LogP contribution is 2.21. The predicted octanol–water partition coefficient (Wildman–Crippen LogP) is 1.39. The third kappa shape index (κ3) is 3.60. The van der Waals surface area contributed by atoms with Gasteiger partial charge in [0.15, 0.2) is 9.84 Å². The number of hydrogen-bond acceptors (Lipinski definition) is 6. The molecule has 8 nitrogen and oxygen atoms in total. The van der Waals surface area contributed by atoms with E-state index in [1.54, 1.807) is 0 Å². The number of nitrogens with one attached hydrogen (secondary N) is 1. The van der Waals surface area contributed by atoms with Crippen LogP contribution in [0, 0.1) is 0 Å². The van der Waals surface area contributed by atoms with Crippen molar-refractivity contribution in [2.24, 2.45) is 0 Å². The lowest BCUT2D eigenvalue weighted by Gasteiger charge is -2.07. The first-order valence-corrected chi connectivity index (χ1v) is 8.67. The molecule has 1 N–H and O–H groups in total. The van der Waals surface area contributed by atoms with Crippen molar-refractivity contribution < 1.29 is 13.2 Å². The van der Waals surface area contributed by atoms with Crippen molar-refractivity contribution >= 4 is 33.3 Å². The Morgan fingerprint density at radius 2 is 2.14 bits per heavy atom. The fraction of sp³-hybridized carbons (Fsp3) is 0.333. The summed E-state index contributed by atoms with van der Waals surface area (Å²) in [5.74, 6) is -0.313. The lowest BCUT2D eigenvalue weighted by molar-refractivity contribution is 0.102. The molecule has 10 heteroatoms. The Morgan fingerprint density at radius 1 is 1.41 bits per heavy atom. The normalized spacial score (nSPS) is 11.4. The van der Waals surface area contributed by atoms with E-state index in [0.717, 1.165) is 12.7 Å². The van der Waals surface area contributed by atoms with E-state index in [4.69, 9.17) is 11.6 Å². The molecule has 2 aromatic rings. The predicted molar refractivity (Wildman–Crippen MR) is 80.6 cm³/mol. The molecule has 22 heavy (non-hydrogen) atoms. The summed E-state index contributed by atoms with van der Waals surface area (Å²) in [6, 6.07) is 3.91. The van der Waals surface area contributed by atoms with Crippen LogP contribution in [0.1, 0.15) is 23.7 Å². The number of carbonyl (C=O) groups excluding carboxylic acids is 1. The van der Waals surface area contributed by atoms with Gasteiger partial charge in [0.25, 0.3) is 5.91 Å². The maximum absolute atomic E-state index is 12.2. The molecule has 0 saturated heterocycles. The Labute approximate surface area is 132 Å². The van der Waals surface area contributed by atoms with Gasteiger partial charge in [-0.15, -0.1) is 0 Å². The summed E-state index contributed by atoms with van der Waals surface area (Å²) >= 11 is 5.99. The second-order valence-corrected chi connectivity index (χ2v) is 7.02. The molecule has 1 aromatic carbocycles. The van der Waals surface area contributed by atoms with Crippen LogP contribution in [0.25, 0.3) is 0 Å². The van der Waals surface area contributed by atoms with Crippen LogP contribution in [0.2, 0.25) is 5.02 Å². The van der Waals surface area contributed by atoms with Gasteiger partial charge >= 0.3 is 0 Å². The fourth-order valence-corrected chi connectivity index (χ4v) is 2.71. The molecule has 1 aromatic heterocycles. The second-order valence-electron chi connectivity index (χ2n) is 4.59. The van der Waals surface area contributed by atoms with Crippen LogP contribution < -0.4 is 5.32 Å². The van der Waals surface area contributed by atoms with Crippen molar-refractivity contribution in [2.45, 2.75) is 24.8 Å². The number of nitrogens with zero attached hydrogens (tertiary/aromatic N) is 4. The van der Waals surface area contributed by atoms with Crippen molar-refractivity contribution in [1.29, 1.82) is 0 Å². The number of rotatable bonds is 5. The molecule has 0 bridgehead atoms. The molecule has 118 valence electrons. The summed E-state index contributed by atoms with van der Waals surface area (Å²) in [7, 11) is -3.38. The van der Waals surface area contributed by atoms with Gasteiger partial charge in [0.2, 0.25) is 5.95 Å². The maximum atomic E-state index is 12.2. The highest BCUT2D eigenvalue weighted by atomic mass is 35.5. The lowest BCUT2D eigenvalue weighted by atomic mass is 10.2. The van der Waals surface area contributed by atoms with E-state index in [1.165, 1.54) is 22.9 Å². The van der Waals surface area contributed by atoms with Gasteiger partial charge in [-0.1, -0.05) is 23.6 Å². The highest BCUT2D eigenvalue weighted by molar-refractivity contribution is 7.90. The highest BCUT2D eigenvalue weighted by Gasteiger charge is 2.17. The number of aryl methyl sites for hydroxylation is 1. The lowest BCUT2D eigenvalue weighted by Crippen LogP contribution is -2.17. The second kappa shape index (κ2) is 6.41. The number of benzene rings is 1. The third-order valence-corrected chi connectivity index (χ3v) is 4.23. The van der Waals surface area contributed by atoms with E-state index in [1.807, 2.05) is 6.92 Å². The van der Waals surface area contributed by atoms with Crippen molar-refractivity contribution in [2.75, 3.05) is 11.6 Å². The number of anilines is 1. The topological polar surface area (TPSA) is 107 Å². The number of halogens is 1. The Hall–Kier alpha value is -2.00. The van der Waals surface area contributed by atoms with E-state index in [2.05, 4.69) is 20.8 Å². The van der Waals surface area contributed by atoms with Gasteiger partial charge in [-0.25, -0.2) is 13.1 Å². The van der Waals surface area contributed by atoms with Gasteiger partial charge in [0.1, 0.15) is 0 Å². The Kier molecular flexibility index (Phi) is 4.77. The van der Waals surface area contributed by atoms with Crippen LogP contribution in [-0.2, 0) is 16.4 Å². The molecular formula is C12H14ClN5O3S. The summed E-state index contributed by atoms with van der Waals surface area (Å²) in [5, 5.41) is 13.5. The summed E-state index contributed by atoms with van der Waals surface area (Å²) < 4.78 is 24.4. The number of carbonyl (C=O) groups is 1. The van der Waals surface area contributed by atoms with E-state index in [9.17, 15) is 13.2 Å². The average Bonchev–Trinajstić information content (AvgIpc) is 2.85. The van der Waals surface area contributed by atoms with Crippen LogP contribution in [0.3, 0.4) is 0 Å². The van der Waals surface area contributed by atoms with E-state index in [-0.39, 0.29) is 21.4 Å². The molecule has 1 amide bonds. The molecule has 0 unspecified atom stereocenters. The van der Waals surface area contributed by atoms with Crippen LogP contribution in [0.15, 0.2) is 23.1 Å². The molecule has 2 rings (SSSR count). The van der Waals surface area contributed by atoms with Crippen molar-refractivity contribution in [1.82, 2.24) is 20.2 Å². The van der Waals surface area contributed by atoms with Gasteiger partial charge in [-0.05, 0) is 35.0 Å². The van der Waals surface area contributed by atoms with Gasteiger partial charge in [0, 0.05) is 12.8 Å². The summed E-state index contributed by atoms with van der Waals surface area (Å²) in [6.45, 7) is 2.51. The Balaban J connectivity index is 2.25. The summed E-state index contributed by atoms with van der Waals surface area (Å²) in [6.07, 6.45) is 1.87. The molecule has 0 fully saturated rings. The summed E-state index contributed by atoms with van der Waals surface area (Å²) in [4.78, 5) is 12.2. The molecule has 0 saturated carbocycles. The largest absolute Gasteiger partial charge is 0.289 e. The zero-order valence-corrected chi connectivity index (χ0v) is 13.5. The van der Waals surface area contributed by atoms with E-state index < -0.39 is 15.7 Å². The number of aromatic nitrogens is 4. The number of tetrazole rings is 1. The van der Waals surface area contributed by atoms with Gasteiger partial charge in [0.05, 0.1) is 15.5 Å². The minimum atomic E-state index is -3.38. The molecule has 0 aliphatic rings. The minimum Gasteiger partial charge on any atom is -0.289 e. The molecular weight excluding hydrogens is 330 g/mol. The van der Waals surface area contributed by atoms with Crippen molar-refractivity contribution in [3.05, 3.63) is 28.8 Å². The van der Waals surface area contributed by atoms with Crippen LogP contribution >= 0.6 is 11.6 Å². The number of hydrogen-bond donors (Lipinski definition) is 1. The molecule has 1 heterocycles. The first-order chi connectivity index (χ1) is 10.3. The monoisotopic (exact) mass is 343 g/mol. The smallest absolute Gasteiger partial charge is 0.259 e. The quantitative estimate of drug-likeness (QED) is 0.879. The van der Waals surface area contributed by atoms with Crippen LogP contribution in [0.4, 0.5) is 5.95 Å². The summed E-state index contributed by atoms with van der Waals surface area (Å²) in [5.41, 5.74) is 0.139. The third-order valence-electron chi connectivity index (χ3n) is 2.81. The van der Waals surface area contributed by atoms with Crippen LogP contribution in [0.5, 0.6) is 0 Å². The van der Waals surface area contributed by atoms with Crippen LogP contribution in [-0.4, -0.2) is 40.8 Å². The first-order valence-electron chi connectivity index (χ1n) is 6.40. The molecule has 0 atom stereocenters. The SMILES string of the molecule is CCCn1nnnc1NC(=O)c1ccc(S(C)(=O)=O)cc1Cl. The fourth-order valence-electron chi connectivity index (χ4n) is 1.74. The molecule has 0 spiro atoms. The molecule has 0 radical (unpaired) electrons. The maximum Gasteiger partial charge on any atom is 0.259 e. The van der Waals surface area contributed by atoms with Gasteiger partial charge in [-0.3, -0.25) is 10.1 Å². The molecule has 0 aliphatic carbocycles. The first kappa shape index (κ1) is 16.4. The zero-order valence-electron chi connectivity index (χ0n) is 11.9. The van der Waals surface area contributed by atoms with Crippen molar-refractivity contribution in [3.63, 3.8) is 0 Å². The minimum absolute atomic E-state index is 0.0370. The Morgan fingerprint density at radius 3 is 2.73 bits per heavy atom. The van der Waals surface area contributed by atoms with Crippen molar-refractivity contribution in [3.8, 4) is 0 Å². The number of sulfone groups is 1. The average molecular weight is 344 g/mol. The number of amides is 1. The Bertz CT molecular complexity index is 803. The van der Waals surface area contributed by atoms with E-state index in [0.29, 0.717) is 6.54 Å². The molecule has 0 aliphatic heterocycles. The standard InChI is InChI=1S/C12H14ClN5O3S/c1-3-6-18-12(15-16-17-18)14-11(19)9-5-4-8(7-10(9)13)22(2,20)21/h4-5,7H,3,6H2,1-2H3,(H,14,15,17,19). The van der Waals surface area contributed by atoms with Gasteiger partial charge < -0.3 is 0 Å². The zero-order chi connectivity index (χ0) is 16.3. The van der Waals surface area contributed by atoms with Gasteiger partial charge in [-0.2, -0.15) is 0 Å².